The van der Waals surface area contributed by atoms with E-state index < -0.39 is 17.9 Å². The minimum Gasteiger partial charge on any atom is -0.388 e. The van der Waals surface area contributed by atoms with Gasteiger partial charge in [0.2, 0.25) is 5.91 Å². The number of benzene rings is 1. The summed E-state index contributed by atoms with van der Waals surface area (Å²) in [7, 11) is 0. The van der Waals surface area contributed by atoms with Gasteiger partial charge in [0.05, 0.1) is 6.10 Å². The van der Waals surface area contributed by atoms with Crippen LogP contribution in [0.1, 0.15) is 30.2 Å². The molecule has 0 bridgehead atoms. The Morgan fingerprint density at radius 3 is 2.78 bits per heavy atom. The molecule has 2 heterocycles. The van der Waals surface area contributed by atoms with Crippen LogP contribution in [0.3, 0.4) is 0 Å². The smallest absolute Gasteiger partial charge is 0.313 e. The fourth-order valence-electron chi connectivity index (χ4n) is 2.89. The molecule has 0 saturated carbocycles. The molecule has 3 rings (SSSR count). The zero-order valence-electron chi connectivity index (χ0n) is 14.7. The molecule has 0 radical (unpaired) electrons. The van der Waals surface area contributed by atoms with Crippen LogP contribution in [0.4, 0.5) is 11.4 Å². The van der Waals surface area contributed by atoms with Gasteiger partial charge in [-0.25, -0.2) is 0 Å². The highest BCUT2D eigenvalue weighted by Gasteiger charge is 2.22. The number of aliphatic hydroxyl groups excluding tert-OH is 1. The van der Waals surface area contributed by atoms with Gasteiger partial charge in [-0.05, 0) is 42.5 Å². The van der Waals surface area contributed by atoms with Crippen molar-refractivity contribution in [2.45, 2.75) is 25.4 Å². The van der Waals surface area contributed by atoms with Crippen molar-refractivity contribution in [3.05, 3.63) is 46.7 Å². The number of carbonyl (C=O) groups excluding carboxylic acids is 3. The number of hydrogen-bond donors (Lipinski definition) is 3. The van der Waals surface area contributed by atoms with Crippen LogP contribution in [0.15, 0.2) is 41.8 Å². The number of hydrogen-bond acceptors (Lipinski definition) is 5. The number of aliphatic hydroxyl groups is 1. The fraction of sp³-hybridized carbons (Fsp3) is 0.316. The van der Waals surface area contributed by atoms with E-state index in [9.17, 15) is 19.5 Å². The lowest BCUT2D eigenvalue weighted by Crippen LogP contribution is -2.36. The first-order valence-electron chi connectivity index (χ1n) is 8.75. The Kier molecular flexibility index (Phi) is 6.20. The highest BCUT2D eigenvalue weighted by molar-refractivity contribution is 7.10. The number of anilines is 2. The molecular weight excluding hydrogens is 366 g/mol. The van der Waals surface area contributed by atoms with E-state index in [1.807, 2.05) is 17.5 Å². The molecule has 1 aromatic carbocycles. The second kappa shape index (κ2) is 8.79. The molecule has 3 amide bonds. The molecule has 1 aliphatic rings. The first-order valence-corrected chi connectivity index (χ1v) is 9.63. The minimum absolute atomic E-state index is 0.0560. The van der Waals surface area contributed by atoms with Gasteiger partial charge in [-0.15, -0.1) is 11.3 Å². The van der Waals surface area contributed by atoms with Gasteiger partial charge in [-0.1, -0.05) is 12.1 Å². The van der Waals surface area contributed by atoms with E-state index in [-0.39, 0.29) is 12.5 Å². The molecule has 8 heteroatoms. The number of carbonyl (C=O) groups is 3. The molecule has 1 saturated heterocycles. The number of rotatable bonds is 6. The van der Waals surface area contributed by atoms with E-state index in [0.29, 0.717) is 30.8 Å². The summed E-state index contributed by atoms with van der Waals surface area (Å²) in [5, 5.41) is 16.9. The molecule has 1 unspecified atom stereocenters. The third-order valence-electron chi connectivity index (χ3n) is 4.27. The normalized spacial score (nSPS) is 14.9. The quantitative estimate of drug-likeness (QED) is 0.661. The molecule has 0 spiro atoms. The van der Waals surface area contributed by atoms with Crippen LogP contribution in [0, 0.1) is 0 Å². The van der Waals surface area contributed by atoms with Crippen LogP contribution >= 0.6 is 11.3 Å². The monoisotopic (exact) mass is 387 g/mol. The highest BCUT2D eigenvalue weighted by atomic mass is 32.1. The Hall–Kier alpha value is -2.71. The molecule has 1 fully saturated rings. The predicted octanol–water partition coefficient (Wildman–Crippen LogP) is 2.05. The Bertz CT molecular complexity index is 822. The summed E-state index contributed by atoms with van der Waals surface area (Å²) in [5.41, 5.74) is 1.15. The molecule has 142 valence electrons. The summed E-state index contributed by atoms with van der Waals surface area (Å²) < 4.78 is 0. The maximum Gasteiger partial charge on any atom is 0.313 e. The molecule has 1 aliphatic heterocycles. The second-order valence-corrected chi connectivity index (χ2v) is 7.21. The van der Waals surface area contributed by atoms with E-state index >= 15 is 0 Å². The van der Waals surface area contributed by atoms with Gasteiger partial charge in [0.25, 0.3) is 0 Å². The summed E-state index contributed by atoms with van der Waals surface area (Å²) in [6.07, 6.45) is 1.00. The van der Waals surface area contributed by atoms with Crippen molar-refractivity contribution in [1.29, 1.82) is 0 Å². The Morgan fingerprint density at radius 1 is 1.22 bits per heavy atom. The van der Waals surface area contributed by atoms with Crippen LogP contribution in [0.25, 0.3) is 0 Å². The minimum atomic E-state index is -0.787. The van der Waals surface area contributed by atoms with E-state index in [0.717, 1.165) is 11.3 Å². The van der Waals surface area contributed by atoms with E-state index in [4.69, 9.17) is 0 Å². The Morgan fingerprint density at radius 2 is 2.07 bits per heavy atom. The van der Waals surface area contributed by atoms with E-state index in [1.165, 1.54) is 11.3 Å². The lowest BCUT2D eigenvalue weighted by molar-refractivity contribution is -0.136. The Labute approximate surface area is 161 Å². The van der Waals surface area contributed by atoms with Gasteiger partial charge in [0, 0.05) is 35.8 Å². The van der Waals surface area contributed by atoms with Crippen LogP contribution < -0.4 is 15.5 Å². The van der Waals surface area contributed by atoms with Gasteiger partial charge >= 0.3 is 11.8 Å². The van der Waals surface area contributed by atoms with Gasteiger partial charge in [-0.2, -0.15) is 0 Å². The van der Waals surface area contributed by atoms with E-state index in [1.54, 1.807) is 29.2 Å². The maximum atomic E-state index is 12.0. The zero-order chi connectivity index (χ0) is 19.2. The molecule has 1 atom stereocenters. The first kappa shape index (κ1) is 19.1. The van der Waals surface area contributed by atoms with Crippen LogP contribution in [0.5, 0.6) is 0 Å². The van der Waals surface area contributed by atoms with Crippen molar-refractivity contribution >= 4 is 40.4 Å². The van der Waals surface area contributed by atoms with Crippen LogP contribution in [-0.2, 0) is 14.4 Å². The van der Waals surface area contributed by atoms with Crippen molar-refractivity contribution < 1.29 is 19.5 Å². The molecule has 27 heavy (non-hydrogen) atoms. The number of thiophene rings is 1. The van der Waals surface area contributed by atoms with E-state index in [2.05, 4.69) is 10.6 Å². The SMILES string of the molecule is O=C(NCCC(O)c1cccs1)C(=O)Nc1cccc(N2CCCC2=O)c1. The summed E-state index contributed by atoms with van der Waals surface area (Å²) in [6, 6.07) is 10.5. The summed E-state index contributed by atoms with van der Waals surface area (Å²) in [4.78, 5) is 38.3. The van der Waals surface area contributed by atoms with Crippen molar-refractivity contribution in [3.63, 3.8) is 0 Å². The maximum absolute atomic E-state index is 12.0. The van der Waals surface area contributed by atoms with Crippen molar-refractivity contribution in [2.75, 3.05) is 23.3 Å². The largest absolute Gasteiger partial charge is 0.388 e. The molecule has 2 aromatic rings. The average molecular weight is 387 g/mol. The second-order valence-electron chi connectivity index (χ2n) is 6.23. The topological polar surface area (TPSA) is 98.7 Å². The lowest BCUT2D eigenvalue weighted by atomic mass is 10.2. The molecule has 1 aromatic heterocycles. The predicted molar refractivity (Wildman–Crippen MR) is 104 cm³/mol. The summed E-state index contributed by atoms with van der Waals surface area (Å²) in [5.74, 6) is -1.50. The third kappa shape index (κ3) is 4.93. The first-order chi connectivity index (χ1) is 13.0. The van der Waals surface area contributed by atoms with Gasteiger partial charge < -0.3 is 20.6 Å². The number of nitrogens with zero attached hydrogens (tertiary/aromatic N) is 1. The van der Waals surface area contributed by atoms with Gasteiger partial charge in [-0.3, -0.25) is 14.4 Å². The number of amides is 3. The standard InChI is InChI=1S/C19H21N3O4S/c23-15(16-6-3-11-27-16)8-9-20-18(25)19(26)21-13-4-1-5-14(12-13)22-10-2-7-17(22)24/h1,3-6,11-12,15,23H,2,7-10H2,(H,20,25)(H,21,26). The number of nitrogens with one attached hydrogen (secondary N) is 2. The zero-order valence-corrected chi connectivity index (χ0v) is 15.5. The van der Waals surface area contributed by atoms with Crippen LogP contribution in [0.2, 0.25) is 0 Å². The van der Waals surface area contributed by atoms with Crippen molar-refractivity contribution in [3.8, 4) is 0 Å². The van der Waals surface area contributed by atoms with Gasteiger partial charge in [0.15, 0.2) is 0 Å². The summed E-state index contributed by atoms with van der Waals surface area (Å²) >= 11 is 1.44. The molecule has 7 nitrogen and oxygen atoms in total. The lowest BCUT2D eigenvalue weighted by Gasteiger charge is -2.16. The average Bonchev–Trinajstić information content (AvgIpc) is 3.33. The highest BCUT2D eigenvalue weighted by Crippen LogP contribution is 2.24. The van der Waals surface area contributed by atoms with Crippen molar-refractivity contribution in [2.24, 2.45) is 0 Å². The van der Waals surface area contributed by atoms with Crippen molar-refractivity contribution in [1.82, 2.24) is 5.32 Å². The fourth-order valence-corrected chi connectivity index (χ4v) is 3.63. The van der Waals surface area contributed by atoms with Crippen LogP contribution in [-0.4, -0.2) is 35.9 Å². The summed E-state index contributed by atoms with van der Waals surface area (Å²) in [6.45, 7) is 0.844. The molecule has 0 aliphatic carbocycles. The molecular formula is C19H21N3O4S. The molecule has 3 N–H and O–H groups in total. The van der Waals surface area contributed by atoms with Gasteiger partial charge in [0.1, 0.15) is 0 Å². The third-order valence-corrected chi connectivity index (χ3v) is 5.24. The Balaban J connectivity index is 1.49.